The first-order valence-electron chi connectivity index (χ1n) is 7.99. The normalized spacial score (nSPS) is 17.7. The Morgan fingerprint density at radius 1 is 1.38 bits per heavy atom. The highest BCUT2D eigenvalue weighted by molar-refractivity contribution is 7.15. The van der Waals surface area contributed by atoms with Crippen LogP contribution in [0.25, 0.3) is 0 Å². The Bertz CT molecular complexity index is 810. The van der Waals surface area contributed by atoms with E-state index in [0.29, 0.717) is 36.5 Å². The summed E-state index contributed by atoms with van der Waals surface area (Å²) in [6, 6.07) is 5.14. The summed E-state index contributed by atoms with van der Waals surface area (Å²) >= 11 is 1.22. The van der Waals surface area contributed by atoms with Gasteiger partial charge in [-0.15, -0.1) is 11.3 Å². The molecule has 2 aromatic rings. The second-order valence-electron chi connectivity index (χ2n) is 6.04. The number of aromatic nitrogens is 1. The SMILES string of the molecule is O=C1CC[C@@H](C(=O)Nc2ncc(Cc3cccc(C(F)(F)F)c3)s2)CN1. The zero-order chi connectivity index (χ0) is 18.7. The van der Waals surface area contributed by atoms with Crippen LogP contribution < -0.4 is 10.6 Å². The second kappa shape index (κ2) is 7.45. The van der Waals surface area contributed by atoms with Crippen molar-refractivity contribution in [2.75, 3.05) is 11.9 Å². The topological polar surface area (TPSA) is 71.1 Å². The van der Waals surface area contributed by atoms with Gasteiger partial charge in [-0.25, -0.2) is 4.98 Å². The molecule has 0 saturated carbocycles. The number of nitrogens with zero attached hydrogens (tertiary/aromatic N) is 1. The maximum atomic E-state index is 12.8. The molecule has 9 heteroatoms. The lowest BCUT2D eigenvalue weighted by atomic mass is 9.98. The van der Waals surface area contributed by atoms with Gasteiger partial charge < -0.3 is 10.6 Å². The molecule has 138 valence electrons. The van der Waals surface area contributed by atoms with Gasteiger partial charge in [-0.05, 0) is 18.1 Å². The zero-order valence-corrected chi connectivity index (χ0v) is 14.4. The number of hydrogen-bond donors (Lipinski definition) is 2. The summed E-state index contributed by atoms with van der Waals surface area (Å²) in [4.78, 5) is 28.2. The molecular weight excluding hydrogens is 367 g/mol. The highest BCUT2D eigenvalue weighted by Crippen LogP contribution is 2.30. The minimum Gasteiger partial charge on any atom is -0.355 e. The molecule has 1 aliphatic rings. The van der Waals surface area contributed by atoms with Crippen molar-refractivity contribution >= 4 is 28.3 Å². The van der Waals surface area contributed by atoms with E-state index in [4.69, 9.17) is 0 Å². The number of hydrogen-bond acceptors (Lipinski definition) is 4. The Kier molecular flexibility index (Phi) is 5.26. The molecule has 1 aromatic heterocycles. The third kappa shape index (κ3) is 4.60. The lowest BCUT2D eigenvalue weighted by Crippen LogP contribution is -2.40. The van der Waals surface area contributed by atoms with Gasteiger partial charge in [0.25, 0.3) is 0 Å². The van der Waals surface area contributed by atoms with Crippen LogP contribution in [0.5, 0.6) is 0 Å². The van der Waals surface area contributed by atoms with Gasteiger partial charge in [0.05, 0.1) is 11.5 Å². The van der Waals surface area contributed by atoms with E-state index < -0.39 is 11.7 Å². The molecule has 0 radical (unpaired) electrons. The largest absolute Gasteiger partial charge is 0.416 e. The van der Waals surface area contributed by atoms with Gasteiger partial charge in [0.1, 0.15) is 0 Å². The molecule has 0 unspecified atom stereocenters. The minimum atomic E-state index is -4.38. The van der Waals surface area contributed by atoms with E-state index in [1.165, 1.54) is 17.4 Å². The number of piperidine rings is 1. The molecule has 1 atom stereocenters. The van der Waals surface area contributed by atoms with Crippen molar-refractivity contribution in [2.24, 2.45) is 5.92 Å². The lowest BCUT2D eigenvalue weighted by Gasteiger charge is -2.20. The van der Waals surface area contributed by atoms with Gasteiger partial charge in [-0.2, -0.15) is 13.2 Å². The fourth-order valence-corrected chi connectivity index (χ4v) is 3.52. The Hall–Kier alpha value is -2.42. The predicted octanol–water partition coefficient (Wildman–Crippen LogP) is 3.22. The maximum absolute atomic E-state index is 12.8. The van der Waals surface area contributed by atoms with Crippen LogP contribution >= 0.6 is 11.3 Å². The van der Waals surface area contributed by atoms with E-state index in [0.717, 1.165) is 17.0 Å². The number of nitrogens with one attached hydrogen (secondary N) is 2. The van der Waals surface area contributed by atoms with Crippen LogP contribution in [-0.4, -0.2) is 23.3 Å². The van der Waals surface area contributed by atoms with Gasteiger partial charge in [-0.3, -0.25) is 9.59 Å². The number of anilines is 1. The Morgan fingerprint density at radius 3 is 2.88 bits per heavy atom. The second-order valence-corrected chi connectivity index (χ2v) is 7.15. The molecule has 0 spiro atoms. The van der Waals surface area contributed by atoms with E-state index >= 15 is 0 Å². The van der Waals surface area contributed by atoms with Crippen molar-refractivity contribution < 1.29 is 22.8 Å². The summed E-state index contributed by atoms with van der Waals surface area (Å²) in [5.74, 6) is -0.583. The van der Waals surface area contributed by atoms with Crippen LogP contribution in [0.2, 0.25) is 0 Å². The van der Waals surface area contributed by atoms with Gasteiger partial charge >= 0.3 is 6.18 Å². The van der Waals surface area contributed by atoms with E-state index in [-0.39, 0.29) is 17.7 Å². The van der Waals surface area contributed by atoms with Gasteiger partial charge in [0, 0.05) is 30.5 Å². The molecule has 1 fully saturated rings. The first-order chi connectivity index (χ1) is 12.3. The van der Waals surface area contributed by atoms with Crippen molar-refractivity contribution in [2.45, 2.75) is 25.4 Å². The molecular formula is C17H16F3N3O2S. The summed E-state index contributed by atoms with van der Waals surface area (Å²) < 4.78 is 38.3. The van der Waals surface area contributed by atoms with Gasteiger partial charge in [0.15, 0.2) is 5.13 Å². The molecule has 3 rings (SSSR count). The quantitative estimate of drug-likeness (QED) is 0.852. The first-order valence-corrected chi connectivity index (χ1v) is 8.81. The number of alkyl halides is 3. The van der Waals surface area contributed by atoms with Crippen molar-refractivity contribution in [3.8, 4) is 0 Å². The number of thiazole rings is 1. The van der Waals surface area contributed by atoms with Crippen LogP contribution in [0.1, 0.15) is 28.8 Å². The summed E-state index contributed by atoms with van der Waals surface area (Å²) in [7, 11) is 0. The van der Waals surface area contributed by atoms with Crippen LogP contribution in [-0.2, 0) is 22.2 Å². The summed E-state index contributed by atoms with van der Waals surface area (Å²) in [5, 5.41) is 5.75. The molecule has 0 bridgehead atoms. The van der Waals surface area contributed by atoms with Crippen LogP contribution in [0.3, 0.4) is 0 Å². The molecule has 1 aromatic carbocycles. The Morgan fingerprint density at radius 2 is 2.19 bits per heavy atom. The van der Waals surface area contributed by atoms with Gasteiger partial charge in [-0.1, -0.05) is 18.2 Å². The number of halogens is 3. The maximum Gasteiger partial charge on any atom is 0.416 e. The average molecular weight is 383 g/mol. The standard InChI is InChI=1S/C17H16F3N3O2S/c18-17(19,20)12-3-1-2-10(6-12)7-13-9-22-16(26-13)23-15(25)11-4-5-14(24)21-8-11/h1-3,6,9,11H,4-5,7-8H2,(H,21,24)(H,22,23,25)/t11-/m1/s1. The number of benzene rings is 1. The molecule has 1 saturated heterocycles. The molecule has 26 heavy (non-hydrogen) atoms. The van der Waals surface area contributed by atoms with E-state index in [2.05, 4.69) is 15.6 Å². The monoisotopic (exact) mass is 383 g/mol. The number of carbonyl (C=O) groups is 2. The summed E-state index contributed by atoms with van der Waals surface area (Å²) in [6.07, 6.45) is -1.73. The average Bonchev–Trinajstić information content (AvgIpc) is 3.02. The lowest BCUT2D eigenvalue weighted by molar-refractivity contribution is -0.137. The number of rotatable bonds is 4. The van der Waals surface area contributed by atoms with Crippen LogP contribution in [0.4, 0.5) is 18.3 Å². The predicted molar refractivity (Wildman–Crippen MR) is 90.7 cm³/mol. The summed E-state index contributed by atoms with van der Waals surface area (Å²) in [5.41, 5.74) is -0.163. The van der Waals surface area contributed by atoms with Crippen LogP contribution in [0, 0.1) is 5.92 Å². The molecule has 2 heterocycles. The fourth-order valence-electron chi connectivity index (χ4n) is 2.67. The molecule has 2 amide bonds. The van der Waals surface area contributed by atoms with E-state index in [1.807, 2.05) is 0 Å². The highest BCUT2D eigenvalue weighted by Gasteiger charge is 2.30. The van der Waals surface area contributed by atoms with Crippen molar-refractivity contribution in [1.82, 2.24) is 10.3 Å². The summed E-state index contributed by atoms with van der Waals surface area (Å²) in [6.45, 7) is 0.299. The first kappa shape index (κ1) is 18.4. The fraction of sp³-hybridized carbons (Fsp3) is 0.353. The minimum absolute atomic E-state index is 0.0633. The highest BCUT2D eigenvalue weighted by atomic mass is 32.1. The smallest absolute Gasteiger partial charge is 0.355 e. The molecule has 1 aliphatic heterocycles. The molecule has 5 nitrogen and oxygen atoms in total. The zero-order valence-electron chi connectivity index (χ0n) is 13.6. The Balaban J connectivity index is 1.61. The molecule has 2 N–H and O–H groups in total. The third-order valence-corrected chi connectivity index (χ3v) is 4.97. The van der Waals surface area contributed by atoms with E-state index in [1.54, 1.807) is 12.3 Å². The van der Waals surface area contributed by atoms with Gasteiger partial charge in [0.2, 0.25) is 11.8 Å². The Labute approximate surface area is 151 Å². The molecule has 0 aliphatic carbocycles. The van der Waals surface area contributed by atoms with Crippen molar-refractivity contribution in [3.63, 3.8) is 0 Å². The van der Waals surface area contributed by atoms with Crippen molar-refractivity contribution in [3.05, 3.63) is 46.5 Å². The third-order valence-electron chi connectivity index (χ3n) is 4.05. The van der Waals surface area contributed by atoms with E-state index in [9.17, 15) is 22.8 Å². The van der Waals surface area contributed by atoms with Crippen molar-refractivity contribution in [1.29, 1.82) is 0 Å². The van der Waals surface area contributed by atoms with Crippen LogP contribution in [0.15, 0.2) is 30.5 Å². The number of carbonyl (C=O) groups excluding carboxylic acids is 2. The number of amides is 2.